The zero-order chi connectivity index (χ0) is 15.1. The maximum atomic E-state index is 13.0. The van der Waals surface area contributed by atoms with E-state index in [2.05, 4.69) is 0 Å². The van der Waals surface area contributed by atoms with Gasteiger partial charge in [0.05, 0.1) is 6.61 Å². The van der Waals surface area contributed by atoms with Gasteiger partial charge < -0.3 is 19.7 Å². The van der Waals surface area contributed by atoms with Gasteiger partial charge in [0.15, 0.2) is 5.79 Å². The highest BCUT2D eigenvalue weighted by atomic mass is 19.4. The van der Waals surface area contributed by atoms with Crippen LogP contribution in [-0.2, 0) is 9.47 Å². The normalized spacial score (nSPS) is 29.9. The van der Waals surface area contributed by atoms with Crippen molar-refractivity contribution in [2.24, 2.45) is 0 Å². The van der Waals surface area contributed by atoms with E-state index < -0.39 is 36.4 Å². The minimum atomic E-state index is -5.02. The van der Waals surface area contributed by atoms with Crippen LogP contribution in [-0.4, -0.2) is 46.6 Å². The van der Waals surface area contributed by atoms with Crippen molar-refractivity contribution in [2.75, 3.05) is 6.61 Å². The smallest absolute Gasteiger partial charge is 0.393 e. The summed E-state index contributed by atoms with van der Waals surface area (Å²) in [6.45, 7) is 4.79. The van der Waals surface area contributed by atoms with Crippen LogP contribution in [0.4, 0.5) is 13.2 Å². The molecular formula is C12H19F3O4. The molecule has 0 aromatic carbocycles. The fourth-order valence-electron chi connectivity index (χ4n) is 1.95. The SMILES string of the molecule is CC(C)=C[C@@H]1OC(C)(C)O[C@@H]1C(O)(CO)C(F)(F)F. The Hall–Kier alpha value is -0.630. The molecule has 1 aliphatic rings. The maximum Gasteiger partial charge on any atom is 0.422 e. The topological polar surface area (TPSA) is 58.9 Å². The van der Waals surface area contributed by atoms with Crippen LogP contribution < -0.4 is 0 Å². The maximum absolute atomic E-state index is 13.0. The quantitative estimate of drug-likeness (QED) is 0.775. The van der Waals surface area contributed by atoms with Crippen LogP contribution in [0.25, 0.3) is 0 Å². The largest absolute Gasteiger partial charge is 0.422 e. The molecule has 3 atom stereocenters. The minimum Gasteiger partial charge on any atom is -0.393 e. The Balaban J connectivity index is 3.17. The monoisotopic (exact) mass is 284 g/mol. The highest BCUT2D eigenvalue weighted by molar-refractivity contribution is 5.10. The van der Waals surface area contributed by atoms with Gasteiger partial charge >= 0.3 is 6.18 Å². The minimum absolute atomic E-state index is 0.721. The zero-order valence-corrected chi connectivity index (χ0v) is 11.3. The standard InChI is InChI=1S/C12H19F3O4/c1-7(2)5-8-9(19-10(3,4)18-8)11(17,6-16)12(13,14)15/h5,8-9,16-17H,6H2,1-4H3/t8-,9-,11?/m0/s1. The van der Waals surface area contributed by atoms with Crippen LogP contribution in [0.3, 0.4) is 0 Å². The lowest BCUT2D eigenvalue weighted by Gasteiger charge is -2.34. The highest BCUT2D eigenvalue weighted by Gasteiger charge is 2.64. The lowest BCUT2D eigenvalue weighted by atomic mass is 9.92. The van der Waals surface area contributed by atoms with E-state index in [4.69, 9.17) is 14.6 Å². The number of alkyl halides is 3. The van der Waals surface area contributed by atoms with Crippen LogP contribution in [0.5, 0.6) is 0 Å². The van der Waals surface area contributed by atoms with E-state index in [0.29, 0.717) is 0 Å². The molecular weight excluding hydrogens is 265 g/mol. The third-order valence-corrected chi connectivity index (χ3v) is 2.83. The number of aliphatic hydroxyl groups is 2. The van der Waals surface area contributed by atoms with Crippen molar-refractivity contribution in [3.8, 4) is 0 Å². The molecule has 0 aromatic rings. The Morgan fingerprint density at radius 2 is 1.79 bits per heavy atom. The highest BCUT2D eigenvalue weighted by Crippen LogP contribution is 2.42. The molecule has 1 heterocycles. The molecule has 1 saturated heterocycles. The number of aliphatic hydroxyl groups excluding tert-OH is 1. The number of rotatable bonds is 3. The third kappa shape index (κ3) is 3.28. The van der Waals surface area contributed by atoms with E-state index in [9.17, 15) is 18.3 Å². The molecule has 0 amide bonds. The van der Waals surface area contributed by atoms with E-state index in [1.54, 1.807) is 13.8 Å². The molecule has 0 radical (unpaired) electrons. The number of hydrogen-bond donors (Lipinski definition) is 2. The van der Waals surface area contributed by atoms with Crippen LogP contribution in [0.15, 0.2) is 11.6 Å². The number of allylic oxidation sites excluding steroid dienone is 1. The first-order valence-corrected chi connectivity index (χ1v) is 5.83. The first-order chi connectivity index (χ1) is 8.43. The molecule has 0 saturated carbocycles. The van der Waals surface area contributed by atoms with Crippen molar-refractivity contribution in [1.29, 1.82) is 0 Å². The number of ether oxygens (including phenoxy) is 2. The first kappa shape index (κ1) is 16.4. The number of hydrogen-bond acceptors (Lipinski definition) is 4. The summed E-state index contributed by atoms with van der Waals surface area (Å²) in [4.78, 5) is 0. The lowest BCUT2D eigenvalue weighted by Crippen LogP contribution is -2.60. The molecule has 0 aromatic heterocycles. The fourth-order valence-corrected chi connectivity index (χ4v) is 1.95. The molecule has 19 heavy (non-hydrogen) atoms. The summed E-state index contributed by atoms with van der Waals surface area (Å²) in [6.07, 6.45) is -6.39. The van der Waals surface area contributed by atoms with Crippen LogP contribution in [0.1, 0.15) is 27.7 Å². The van der Waals surface area contributed by atoms with Gasteiger partial charge in [-0.15, -0.1) is 0 Å². The van der Waals surface area contributed by atoms with Gasteiger partial charge in [-0.25, -0.2) is 0 Å². The average molecular weight is 284 g/mol. The van der Waals surface area contributed by atoms with E-state index in [-0.39, 0.29) is 0 Å². The third-order valence-electron chi connectivity index (χ3n) is 2.83. The Kier molecular flexibility index (Phi) is 4.36. The van der Waals surface area contributed by atoms with Gasteiger partial charge in [-0.2, -0.15) is 13.2 Å². The fraction of sp³-hybridized carbons (Fsp3) is 0.833. The van der Waals surface area contributed by atoms with E-state index >= 15 is 0 Å². The van der Waals surface area contributed by atoms with Gasteiger partial charge in [0.1, 0.15) is 12.2 Å². The van der Waals surface area contributed by atoms with Crippen LogP contribution in [0.2, 0.25) is 0 Å². The Bertz CT molecular complexity index is 360. The summed E-state index contributed by atoms with van der Waals surface area (Å²) in [5, 5.41) is 18.7. The molecule has 0 bridgehead atoms. The number of halogens is 3. The van der Waals surface area contributed by atoms with E-state index in [1.807, 2.05) is 0 Å². The Labute approximate surface area is 109 Å². The van der Waals surface area contributed by atoms with Gasteiger partial charge in [-0.05, 0) is 27.7 Å². The Morgan fingerprint density at radius 1 is 1.26 bits per heavy atom. The van der Waals surface area contributed by atoms with Crippen molar-refractivity contribution < 1.29 is 32.9 Å². The van der Waals surface area contributed by atoms with Crippen molar-refractivity contribution in [1.82, 2.24) is 0 Å². The van der Waals surface area contributed by atoms with Crippen molar-refractivity contribution in [3.63, 3.8) is 0 Å². The molecule has 112 valence electrons. The molecule has 0 aliphatic carbocycles. The van der Waals surface area contributed by atoms with Crippen molar-refractivity contribution in [2.45, 2.75) is 57.5 Å². The molecule has 4 nitrogen and oxygen atoms in total. The molecule has 1 unspecified atom stereocenters. The van der Waals surface area contributed by atoms with Crippen LogP contribution >= 0.6 is 0 Å². The lowest BCUT2D eigenvalue weighted by molar-refractivity contribution is -0.308. The zero-order valence-electron chi connectivity index (χ0n) is 11.3. The van der Waals surface area contributed by atoms with Gasteiger partial charge in [-0.1, -0.05) is 11.6 Å². The van der Waals surface area contributed by atoms with Gasteiger partial charge in [-0.3, -0.25) is 0 Å². The van der Waals surface area contributed by atoms with Crippen molar-refractivity contribution in [3.05, 3.63) is 11.6 Å². The summed E-state index contributed by atoms with van der Waals surface area (Å²) in [5.41, 5.74) is -2.64. The summed E-state index contributed by atoms with van der Waals surface area (Å²) >= 11 is 0. The molecule has 1 rings (SSSR count). The van der Waals surface area contributed by atoms with Gasteiger partial charge in [0.2, 0.25) is 5.60 Å². The summed E-state index contributed by atoms with van der Waals surface area (Å²) in [7, 11) is 0. The second-order valence-corrected chi connectivity index (χ2v) is 5.34. The second-order valence-electron chi connectivity index (χ2n) is 5.34. The van der Waals surface area contributed by atoms with E-state index in [1.165, 1.54) is 19.9 Å². The van der Waals surface area contributed by atoms with Gasteiger partial charge in [0, 0.05) is 0 Å². The first-order valence-electron chi connectivity index (χ1n) is 5.83. The Morgan fingerprint density at radius 3 is 2.16 bits per heavy atom. The molecule has 0 spiro atoms. The predicted octanol–water partition coefficient (Wildman–Crippen LogP) is 1.76. The van der Waals surface area contributed by atoms with Gasteiger partial charge in [0.25, 0.3) is 0 Å². The van der Waals surface area contributed by atoms with E-state index in [0.717, 1.165) is 5.57 Å². The summed E-state index contributed by atoms with van der Waals surface area (Å²) in [6, 6.07) is 0. The molecule has 2 N–H and O–H groups in total. The summed E-state index contributed by atoms with van der Waals surface area (Å²) < 4.78 is 49.4. The molecule has 1 fully saturated rings. The predicted molar refractivity (Wildman–Crippen MR) is 61.3 cm³/mol. The second kappa shape index (κ2) is 5.05. The molecule has 1 aliphatic heterocycles. The van der Waals surface area contributed by atoms with Crippen LogP contribution in [0, 0.1) is 0 Å². The summed E-state index contributed by atoms with van der Waals surface area (Å²) in [5.74, 6) is -1.27. The molecule has 7 heteroatoms. The average Bonchev–Trinajstić information content (AvgIpc) is 2.50. The van der Waals surface area contributed by atoms with Crippen molar-refractivity contribution >= 4 is 0 Å².